The first-order chi connectivity index (χ1) is 13.2. The average Bonchev–Trinajstić information content (AvgIpc) is 2.75. The van der Waals surface area contributed by atoms with Gasteiger partial charge in [-0.3, -0.25) is 0 Å². The normalized spacial score (nSPS) is 13.3. The van der Waals surface area contributed by atoms with Gasteiger partial charge in [-0.1, -0.05) is 0 Å². The molecule has 0 spiro atoms. The van der Waals surface area contributed by atoms with Crippen molar-refractivity contribution in [3.05, 3.63) is 103 Å². The summed E-state index contributed by atoms with van der Waals surface area (Å²) in [6.45, 7) is 0. The van der Waals surface area contributed by atoms with Gasteiger partial charge in [-0.15, -0.1) is 0 Å². The fourth-order valence-electron chi connectivity index (χ4n) is 3.57. The van der Waals surface area contributed by atoms with Crippen molar-refractivity contribution in [2.24, 2.45) is 0 Å². The molecule has 0 radical (unpaired) electrons. The van der Waals surface area contributed by atoms with Gasteiger partial charge in [0.2, 0.25) is 0 Å². The molecule has 0 fully saturated rings. The van der Waals surface area contributed by atoms with Gasteiger partial charge in [0.1, 0.15) is 0 Å². The van der Waals surface area contributed by atoms with E-state index in [4.69, 9.17) is 0 Å². The predicted molar refractivity (Wildman–Crippen MR) is 141 cm³/mol. The molecule has 27 heavy (non-hydrogen) atoms. The SMILES string of the molecule is ICCCC=CCP(I)(c1ccccc1)(c1ccccc1)c1ccccc1. The van der Waals surface area contributed by atoms with Crippen molar-refractivity contribution in [1.29, 1.82) is 0 Å². The zero-order chi connectivity index (χ0) is 19.0. The molecule has 0 N–H and O–H groups in total. The Balaban J connectivity index is 2.24. The van der Waals surface area contributed by atoms with E-state index in [2.05, 4.69) is 148 Å². The molecule has 0 heterocycles. The topological polar surface area (TPSA) is 0 Å². The summed E-state index contributed by atoms with van der Waals surface area (Å²) in [5.41, 5.74) is 0. The van der Waals surface area contributed by atoms with E-state index in [0.29, 0.717) is 0 Å². The van der Waals surface area contributed by atoms with E-state index in [1.165, 1.54) is 26.8 Å². The van der Waals surface area contributed by atoms with E-state index >= 15 is 0 Å². The van der Waals surface area contributed by atoms with Crippen molar-refractivity contribution in [3.63, 3.8) is 0 Å². The Hall–Kier alpha value is -0.710. The summed E-state index contributed by atoms with van der Waals surface area (Å²) in [5.74, 6) is 0. The average molecular weight is 598 g/mol. The monoisotopic (exact) mass is 598 g/mol. The van der Waals surface area contributed by atoms with E-state index in [9.17, 15) is 0 Å². The number of halogens is 2. The quantitative estimate of drug-likeness (QED) is 0.0898. The Labute approximate surface area is 190 Å². The Bertz CT molecular complexity index is 761. The molecule has 3 rings (SSSR count). The summed E-state index contributed by atoms with van der Waals surface area (Å²) in [5, 5.41) is 4.33. The molecule has 0 nitrogen and oxygen atoms in total. The third-order valence-corrected chi connectivity index (χ3v) is 17.0. The van der Waals surface area contributed by atoms with Gasteiger partial charge in [-0.25, -0.2) is 0 Å². The standard InChI is InChI=1S/C24H25I2P/c25-20-12-1-2-13-21-27(26,22-14-6-3-7-15-22,23-16-8-4-9-17-23)24-18-10-5-11-19-24/h2-11,13-19H,1,12,20-21H2. The molecule has 0 unspecified atom stereocenters. The Morgan fingerprint density at radius 1 is 0.630 bits per heavy atom. The summed E-state index contributed by atoms with van der Waals surface area (Å²) < 4.78 is -1.40. The molecular weight excluding hydrogens is 573 g/mol. The first-order valence-corrected chi connectivity index (χ1v) is 16.0. The number of benzene rings is 3. The minimum absolute atomic E-state index is 1.05. The number of alkyl halides is 1. The maximum atomic E-state index is 2.84. The molecule has 0 bridgehead atoms. The van der Waals surface area contributed by atoms with Crippen LogP contribution in [0.15, 0.2) is 103 Å². The van der Waals surface area contributed by atoms with Crippen LogP contribution in [0, 0.1) is 0 Å². The van der Waals surface area contributed by atoms with Crippen LogP contribution >= 0.6 is 48.9 Å². The van der Waals surface area contributed by atoms with Gasteiger partial charge in [-0.2, -0.15) is 0 Å². The van der Waals surface area contributed by atoms with Crippen molar-refractivity contribution in [3.8, 4) is 0 Å². The van der Waals surface area contributed by atoms with Crippen LogP contribution in [-0.2, 0) is 0 Å². The molecule has 0 atom stereocenters. The van der Waals surface area contributed by atoms with E-state index in [0.717, 1.165) is 12.6 Å². The number of allylic oxidation sites excluding steroid dienone is 2. The van der Waals surface area contributed by atoms with Crippen LogP contribution in [-0.4, -0.2) is 10.6 Å². The molecule has 0 saturated carbocycles. The number of hydrogen-bond acceptors (Lipinski definition) is 0. The molecule has 0 aromatic heterocycles. The van der Waals surface area contributed by atoms with Gasteiger partial charge in [0.15, 0.2) is 0 Å². The van der Waals surface area contributed by atoms with Gasteiger partial charge < -0.3 is 0 Å². The van der Waals surface area contributed by atoms with Crippen LogP contribution in [0.2, 0.25) is 0 Å². The molecule has 3 aromatic rings. The fraction of sp³-hybridized carbons (Fsp3) is 0.167. The van der Waals surface area contributed by atoms with Gasteiger partial charge in [0, 0.05) is 0 Å². The van der Waals surface area contributed by atoms with Crippen molar-refractivity contribution in [2.75, 3.05) is 10.6 Å². The predicted octanol–water partition coefficient (Wildman–Crippen LogP) is 6.64. The molecule has 0 amide bonds. The van der Waals surface area contributed by atoms with Gasteiger partial charge >= 0.3 is 191 Å². The van der Waals surface area contributed by atoms with Crippen LogP contribution in [0.4, 0.5) is 0 Å². The second-order valence-corrected chi connectivity index (χ2v) is 18.4. The molecule has 3 aromatic carbocycles. The minimum atomic E-state index is -2.61. The Morgan fingerprint density at radius 2 is 1.04 bits per heavy atom. The third-order valence-electron chi connectivity index (χ3n) is 5.00. The summed E-state index contributed by atoms with van der Waals surface area (Å²) >= 11 is 5.30. The Kier molecular flexibility index (Phi) is 7.52. The maximum absolute atomic E-state index is 2.84. The number of rotatable bonds is 8. The summed E-state index contributed by atoms with van der Waals surface area (Å²) in [7, 11) is 0. The number of unbranched alkanes of at least 4 members (excludes halogenated alkanes) is 1. The van der Waals surface area contributed by atoms with Crippen molar-refractivity contribution < 1.29 is 0 Å². The van der Waals surface area contributed by atoms with Crippen molar-refractivity contribution in [2.45, 2.75) is 12.8 Å². The van der Waals surface area contributed by atoms with Crippen LogP contribution in [0.1, 0.15) is 12.8 Å². The molecule has 3 heteroatoms. The van der Waals surface area contributed by atoms with Crippen LogP contribution in [0.5, 0.6) is 0 Å². The molecule has 0 aliphatic heterocycles. The van der Waals surface area contributed by atoms with Crippen LogP contribution < -0.4 is 15.9 Å². The summed E-state index contributed by atoms with van der Waals surface area (Å²) in [4.78, 5) is 0. The molecule has 0 aliphatic rings. The first-order valence-electron chi connectivity index (χ1n) is 9.31. The third kappa shape index (κ3) is 4.33. The van der Waals surface area contributed by atoms with E-state index in [1.807, 2.05) is 0 Å². The van der Waals surface area contributed by atoms with Gasteiger partial charge in [0.05, 0.1) is 0 Å². The van der Waals surface area contributed by atoms with Crippen LogP contribution in [0.3, 0.4) is 0 Å². The fourth-order valence-corrected chi connectivity index (χ4v) is 12.0. The molecule has 0 saturated heterocycles. The van der Waals surface area contributed by atoms with Gasteiger partial charge in [0.25, 0.3) is 0 Å². The zero-order valence-corrected chi connectivity index (χ0v) is 20.6. The molecule has 140 valence electrons. The second kappa shape index (κ2) is 9.67. The first kappa shape index (κ1) is 21.0. The van der Waals surface area contributed by atoms with Crippen molar-refractivity contribution in [1.82, 2.24) is 0 Å². The molecular formula is C24H25I2P. The summed E-state index contributed by atoms with van der Waals surface area (Å²) in [6, 6.07) is 33.4. The molecule has 0 aliphatic carbocycles. The number of hydrogen-bond donors (Lipinski definition) is 0. The van der Waals surface area contributed by atoms with E-state index < -0.39 is 4.25 Å². The van der Waals surface area contributed by atoms with Gasteiger partial charge in [-0.05, 0) is 0 Å². The Morgan fingerprint density at radius 3 is 1.41 bits per heavy atom. The summed E-state index contributed by atoms with van der Waals surface area (Å²) in [6.07, 6.45) is 8.27. The zero-order valence-electron chi connectivity index (χ0n) is 15.3. The van der Waals surface area contributed by atoms with Crippen molar-refractivity contribution >= 4 is 64.8 Å². The second-order valence-electron chi connectivity index (χ2n) is 6.67. The van der Waals surface area contributed by atoms with Crippen LogP contribution in [0.25, 0.3) is 0 Å². The van der Waals surface area contributed by atoms with E-state index in [1.54, 1.807) is 0 Å². The van der Waals surface area contributed by atoms with E-state index in [-0.39, 0.29) is 0 Å².